The van der Waals surface area contributed by atoms with E-state index in [-0.39, 0.29) is 24.0 Å². The quantitative estimate of drug-likeness (QED) is 0.561. The van der Waals surface area contributed by atoms with Crippen molar-refractivity contribution in [1.82, 2.24) is 25.6 Å². The number of rotatable bonds is 8. The largest absolute Gasteiger partial charge is 0.490 e. The topological polar surface area (TPSA) is 129 Å². The second-order valence-corrected chi connectivity index (χ2v) is 7.55. The summed E-state index contributed by atoms with van der Waals surface area (Å²) in [6, 6.07) is 3.58. The number of tetrazole rings is 1. The molecular formula is C16H24BrN7O3. The molecule has 1 amide bonds. The number of carbonyl (C=O) groups is 1. The summed E-state index contributed by atoms with van der Waals surface area (Å²) < 4.78 is 12.1. The average Bonchev–Trinajstić information content (AvgIpc) is 2.97. The third-order valence-corrected chi connectivity index (χ3v) is 3.94. The summed E-state index contributed by atoms with van der Waals surface area (Å²) in [5, 5.41) is 13.6. The fraction of sp³-hybridized carbons (Fsp3) is 0.500. The number of anilines is 1. The number of amides is 1. The van der Waals surface area contributed by atoms with Gasteiger partial charge in [0.15, 0.2) is 18.1 Å². The molecule has 0 aliphatic rings. The molecule has 0 bridgehead atoms. The molecule has 0 fully saturated rings. The lowest BCUT2D eigenvalue weighted by atomic mass is 10.1. The minimum Gasteiger partial charge on any atom is -0.490 e. The number of aromatic nitrogens is 4. The van der Waals surface area contributed by atoms with Crippen LogP contribution in [0.4, 0.5) is 5.95 Å². The summed E-state index contributed by atoms with van der Waals surface area (Å²) in [4.78, 5) is 13.3. The molecule has 0 radical (unpaired) electrons. The van der Waals surface area contributed by atoms with Crippen molar-refractivity contribution < 1.29 is 14.3 Å². The Morgan fingerprint density at radius 1 is 1.30 bits per heavy atom. The highest BCUT2D eigenvalue weighted by atomic mass is 79.9. The van der Waals surface area contributed by atoms with Gasteiger partial charge in [-0.05, 0) is 55.8 Å². The fourth-order valence-corrected chi connectivity index (χ4v) is 2.62. The van der Waals surface area contributed by atoms with Crippen LogP contribution in [0.25, 0.3) is 0 Å². The Kier molecular flexibility index (Phi) is 6.83. The predicted octanol–water partition coefficient (Wildman–Crippen LogP) is 1.45. The van der Waals surface area contributed by atoms with Gasteiger partial charge in [-0.2, -0.15) is 0 Å². The molecule has 0 saturated heterocycles. The lowest BCUT2D eigenvalue weighted by Gasteiger charge is -2.21. The summed E-state index contributed by atoms with van der Waals surface area (Å²) in [6.07, 6.45) is 0. The van der Waals surface area contributed by atoms with E-state index < -0.39 is 0 Å². The summed E-state index contributed by atoms with van der Waals surface area (Å²) in [5.41, 5.74) is 9.16. The number of carbonyl (C=O) groups excluding carboxylic acids is 1. The van der Waals surface area contributed by atoms with Crippen LogP contribution < -0.4 is 25.9 Å². The number of hydrogen-bond donors (Lipinski definition) is 3. The smallest absolute Gasteiger partial charge is 0.260 e. The number of halogens is 1. The molecule has 4 N–H and O–H groups in total. The van der Waals surface area contributed by atoms with E-state index in [0.29, 0.717) is 24.7 Å². The standard InChI is InChI=1S/C16H24BrN7O3/c1-5-26-12-6-10(8-19-24-15(18)21-22-23-24)11(17)7-13(12)27-9-14(25)20-16(2,3)4/h6-7,19H,5,8-9H2,1-4H3,(H,20,25)(H2,18,21,23). The average molecular weight is 442 g/mol. The van der Waals surface area contributed by atoms with Gasteiger partial charge in [-0.3, -0.25) is 4.79 Å². The minimum atomic E-state index is -0.322. The van der Waals surface area contributed by atoms with E-state index in [1.165, 1.54) is 4.79 Å². The van der Waals surface area contributed by atoms with Crippen molar-refractivity contribution in [2.24, 2.45) is 0 Å². The lowest BCUT2D eigenvalue weighted by molar-refractivity contribution is -0.124. The number of nitrogens with one attached hydrogen (secondary N) is 2. The van der Waals surface area contributed by atoms with Gasteiger partial charge in [-0.15, -0.1) is 4.79 Å². The van der Waals surface area contributed by atoms with Gasteiger partial charge in [0.25, 0.3) is 11.9 Å². The third-order valence-electron chi connectivity index (χ3n) is 3.20. The van der Waals surface area contributed by atoms with Crippen LogP contribution in [0.3, 0.4) is 0 Å². The highest BCUT2D eigenvalue weighted by Crippen LogP contribution is 2.34. The Bertz CT molecular complexity index is 789. The molecule has 0 unspecified atom stereocenters. The molecule has 1 heterocycles. The predicted molar refractivity (Wildman–Crippen MR) is 104 cm³/mol. The number of benzene rings is 1. The molecule has 1 aromatic heterocycles. The zero-order chi connectivity index (χ0) is 20.0. The van der Waals surface area contributed by atoms with Crippen LogP contribution in [0.5, 0.6) is 11.5 Å². The molecule has 10 nitrogen and oxygen atoms in total. The Morgan fingerprint density at radius 3 is 2.59 bits per heavy atom. The highest BCUT2D eigenvalue weighted by Gasteiger charge is 2.16. The van der Waals surface area contributed by atoms with E-state index in [1.54, 1.807) is 6.07 Å². The summed E-state index contributed by atoms with van der Waals surface area (Å²) >= 11 is 3.50. The van der Waals surface area contributed by atoms with Crippen LogP contribution in [0, 0.1) is 0 Å². The maximum Gasteiger partial charge on any atom is 0.260 e. The maximum absolute atomic E-state index is 12.0. The first-order valence-corrected chi connectivity index (χ1v) is 9.15. The summed E-state index contributed by atoms with van der Waals surface area (Å²) in [7, 11) is 0. The Morgan fingerprint density at radius 2 is 2.00 bits per heavy atom. The van der Waals surface area contributed by atoms with Crippen LogP contribution in [-0.4, -0.2) is 45.0 Å². The first kappa shape index (κ1) is 20.7. The molecule has 27 heavy (non-hydrogen) atoms. The van der Waals surface area contributed by atoms with Crippen LogP contribution in [-0.2, 0) is 11.3 Å². The van der Waals surface area contributed by atoms with Crippen LogP contribution >= 0.6 is 15.9 Å². The van der Waals surface area contributed by atoms with E-state index in [1.807, 2.05) is 33.8 Å². The Balaban J connectivity index is 2.10. The summed E-state index contributed by atoms with van der Waals surface area (Å²) in [5.74, 6) is 0.950. The second-order valence-electron chi connectivity index (χ2n) is 6.69. The van der Waals surface area contributed by atoms with Gasteiger partial charge in [-0.25, -0.2) is 0 Å². The number of ether oxygens (including phenoxy) is 2. The molecule has 2 rings (SSSR count). The zero-order valence-corrected chi connectivity index (χ0v) is 17.3. The molecule has 0 aliphatic carbocycles. The van der Waals surface area contributed by atoms with E-state index in [4.69, 9.17) is 15.2 Å². The molecule has 0 saturated carbocycles. The van der Waals surface area contributed by atoms with E-state index in [0.717, 1.165) is 10.0 Å². The monoisotopic (exact) mass is 441 g/mol. The lowest BCUT2D eigenvalue weighted by Crippen LogP contribution is -2.43. The van der Waals surface area contributed by atoms with Gasteiger partial charge in [0.05, 0.1) is 13.2 Å². The van der Waals surface area contributed by atoms with E-state index >= 15 is 0 Å². The zero-order valence-electron chi connectivity index (χ0n) is 15.7. The molecule has 0 spiro atoms. The van der Waals surface area contributed by atoms with Crippen molar-refractivity contribution in [3.8, 4) is 11.5 Å². The second kappa shape index (κ2) is 8.89. The van der Waals surface area contributed by atoms with Gasteiger partial charge >= 0.3 is 0 Å². The number of nitrogen functional groups attached to an aromatic ring is 1. The van der Waals surface area contributed by atoms with Crippen molar-refractivity contribution in [3.05, 3.63) is 22.2 Å². The van der Waals surface area contributed by atoms with E-state index in [2.05, 4.69) is 42.2 Å². The molecule has 0 aliphatic heterocycles. The first-order chi connectivity index (χ1) is 12.7. The first-order valence-electron chi connectivity index (χ1n) is 8.36. The van der Waals surface area contributed by atoms with Gasteiger partial charge in [0.2, 0.25) is 0 Å². The van der Waals surface area contributed by atoms with Crippen LogP contribution in [0.15, 0.2) is 16.6 Å². The van der Waals surface area contributed by atoms with Crippen LogP contribution in [0.1, 0.15) is 33.3 Å². The number of nitrogens with zero attached hydrogens (tertiary/aromatic N) is 4. The highest BCUT2D eigenvalue weighted by molar-refractivity contribution is 9.10. The maximum atomic E-state index is 12.0. The Hall–Kier alpha value is -2.56. The normalized spacial score (nSPS) is 11.1. The number of hydrogen-bond acceptors (Lipinski definition) is 8. The summed E-state index contributed by atoms with van der Waals surface area (Å²) in [6.45, 7) is 8.34. The molecule has 0 atom stereocenters. The van der Waals surface area contributed by atoms with Gasteiger partial charge in [-0.1, -0.05) is 21.0 Å². The third kappa shape index (κ3) is 6.27. The van der Waals surface area contributed by atoms with Gasteiger partial charge in [0, 0.05) is 10.0 Å². The van der Waals surface area contributed by atoms with Crippen LogP contribution in [0.2, 0.25) is 0 Å². The fourth-order valence-electron chi connectivity index (χ4n) is 2.16. The van der Waals surface area contributed by atoms with Crippen molar-refractivity contribution in [2.75, 3.05) is 24.4 Å². The van der Waals surface area contributed by atoms with Crippen molar-refractivity contribution >= 4 is 27.8 Å². The van der Waals surface area contributed by atoms with Gasteiger partial charge < -0.3 is 25.9 Å². The van der Waals surface area contributed by atoms with Crippen molar-refractivity contribution in [1.29, 1.82) is 0 Å². The van der Waals surface area contributed by atoms with Gasteiger partial charge in [0.1, 0.15) is 0 Å². The van der Waals surface area contributed by atoms with Crippen molar-refractivity contribution in [2.45, 2.75) is 39.8 Å². The Labute approximate surface area is 165 Å². The number of nitrogens with two attached hydrogens (primary N) is 1. The molecule has 2 aromatic rings. The SMILES string of the molecule is CCOc1cc(CNn2nnnc2N)c(Br)cc1OCC(=O)NC(C)(C)C. The minimum absolute atomic E-state index is 0.109. The van der Waals surface area contributed by atoms with E-state index in [9.17, 15) is 4.79 Å². The molecular weight excluding hydrogens is 418 g/mol. The van der Waals surface area contributed by atoms with Crippen molar-refractivity contribution in [3.63, 3.8) is 0 Å². The molecule has 1 aromatic carbocycles. The molecule has 11 heteroatoms. The molecule has 148 valence electrons.